The van der Waals surface area contributed by atoms with Crippen molar-refractivity contribution in [1.82, 2.24) is 10.3 Å². The normalized spacial score (nSPS) is 10.5. The number of amides is 1. The number of benzene rings is 2. The maximum Gasteiger partial charge on any atom is 0.325 e. The molecule has 0 aliphatic rings. The molecule has 1 N–H and O–H groups in total. The molecule has 30 heavy (non-hydrogen) atoms. The number of hydrogen-bond acceptors (Lipinski definition) is 6. The lowest BCUT2D eigenvalue weighted by molar-refractivity contribution is -0.143. The number of carbonyl (C=O) groups excluding carboxylic acids is 2. The van der Waals surface area contributed by atoms with Crippen molar-refractivity contribution in [2.24, 2.45) is 0 Å². The van der Waals surface area contributed by atoms with E-state index in [0.717, 1.165) is 12.1 Å². The minimum Gasteiger partial charge on any atom is -0.486 e. The first-order valence-corrected chi connectivity index (χ1v) is 9.49. The van der Waals surface area contributed by atoms with Gasteiger partial charge in [-0.3, -0.25) is 9.59 Å². The van der Waals surface area contributed by atoms with E-state index >= 15 is 0 Å². The van der Waals surface area contributed by atoms with Crippen molar-refractivity contribution in [3.05, 3.63) is 81.6 Å². The van der Waals surface area contributed by atoms with Crippen LogP contribution in [-0.4, -0.2) is 23.4 Å². The number of carbonyl (C=O) groups is 2. The van der Waals surface area contributed by atoms with Crippen LogP contribution in [0.3, 0.4) is 0 Å². The van der Waals surface area contributed by atoms with Gasteiger partial charge in [0.15, 0.2) is 0 Å². The molecule has 3 aromatic rings. The first kappa shape index (κ1) is 21.3. The van der Waals surface area contributed by atoms with Crippen LogP contribution in [0.4, 0.5) is 13.2 Å². The van der Waals surface area contributed by atoms with E-state index in [1.54, 1.807) is 5.38 Å². The Bertz CT molecular complexity index is 1040. The van der Waals surface area contributed by atoms with Crippen LogP contribution in [0.15, 0.2) is 47.8 Å². The monoisotopic (exact) mass is 436 g/mol. The van der Waals surface area contributed by atoms with Crippen LogP contribution in [0.5, 0.6) is 5.75 Å². The van der Waals surface area contributed by atoms with Crippen molar-refractivity contribution in [1.29, 1.82) is 0 Å². The zero-order valence-corrected chi connectivity index (χ0v) is 16.2. The van der Waals surface area contributed by atoms with Gasteiger partial charge in [0.05, 0.1) is 11.3 Å². The highest BCUT2D eigenvalue weighted by molar-refractivity contribution is 7.09. The van der Waals surface area contributed by atoms with Crippen molar-refractivity contribution in [2.45, 2.75) is 13.2 Å². The van der Waals surface area contributed by atoms with E-state index in [2.05, 4.69) is 10.3 Å². The predicted octanol–water partition coefficient (Wildman–Crippen LogP) is 3.61. The molecule has 1 amide bonds. The molecular formula is C20H15F3N2O4S. The Morgan fingerprint density at radius 3 is 2.47 bits per heavy atom. The SMILES string of the molecule is O=C(CNC(=O)c1ccc(F)cc1F)OCc1csc(COc2ccc(F)cc2)n1. The fourth-order valence-electron chi connectivity index (χ4n) is 2.28. The molecular weight excluding hydrogens is 421 g/mol. The molecule has 0 saturated carbocycles. The highest BCUT2D eigenvalue weighted by Gasteiger charge is 2.14. The average Bonchev–Trinajstić information content (AvgIpc) is 3.18. The number of rotatable bonds is 8. The van der Waals surface area contributed by atoms with E-state index in [0.29, 0.717) is 22.5 Å². The van der Waals surface area contributed by atoms with Crippen molar-refractivity contribution in [2.75, 3.05) is 6.54 Å². The van der Waals surface area contributed by atoms with Crippen LogP contribution in [-0.2, 0) is 22.7 Å². The Balaban J connectivity index is 1.41. The third kappa shape index (κ3) is 6.05. The first-order chi connectivity index (χ1) is 14.4. The van der Waals surface area contributed by atoms with Gasteiger partial charge in [-0.1, -0.05) is 0 Å². The smallest absolute Gasteiger partial charge is 0.325 e. The number of nitrogens with zero attached hydrogens (tertiary/aromatic N) is 1. The summed E-state index contributed by atoms with van der Waals surface area (Å²) < 4.78 is 49.7. The summed E-state index contributed by atoms with van der Waals surface area (Å²) in [5.41, 5.74) is 0.108. The molecule has 0 fully saturated rings. The molecule has 2 aromatic carbocycles. The van der Waals surface area contributed by atoms with E-state index in [4.69, 9.17) is 9.47 Å². The molecule has 156 valence electrons. The van der Waals surface area contributed by atoms with Gasteiger partial charge in [0, 0.05) is 11.4 Å². The van der Waals surface area contributed by atoms with Crippen LogP contribution >= 0.6 is 11.3 Å². The van der Waals surface area contributed by atoms with Crippen LogP contribution in [0, 0.1) is 17.5 Å². The molecule has 0 saturated heterocycles. The average molecular weight is 436 g/mol. The molecule has 0 bridgehead atoms. The zero-order valence-electron chi connectivity index (χ0n) is 15.4. The van der Waals surface area contributed by atoms with Crippen LogP contribution in [0.1, 0.15) is 21.1 Å². The highest BCUT2D eigenvalue weighted by atomic mass is 32.1. The molecule has 0 unspecified atom stereocenters. The van der Waals surface area contributed by atoms with E-state index < -0.39 is 30.1 Å². The highest BCUT2D eigenvalue weighted by Crippen LogP contribution is 2.16. The Morgan fingerprint density at radius 2 is 1.73 bits per heavy atom. The minimum atomic E-state index is -1.03. The molecule has 10 heteroatoms. The van der Waals surface area contributed by atoms with Crippen molar-refractivity contribution >= 4 is 23.2 Å². The molecule has 0 aliphatic heterocycles. The van der Waals surface area contributed by atoms with Gasteiger partial charge in [0.25, 0.3) is 5.91 Å². The second-order valence-corrected chi connectivity index (χ2v) is 6.89. The summed E-state index contributed by atoms with van der Waals surface area (Å²) in [6.45, 7) is -0.434. The largest absolute Gasteiger partial charge is 0.486 e. The minimum absolute atomic E-state index is 0.118. The van der Waals surface area contributed by atoms with E-state index in [1.165, 1.54) is 35.6 Å². The molecule has 3 rings (SSSR count). The molecule has 0 spiro atoms. The summed E-state index contributed by atoms with van der Waals surface area (Å²) in [5, 5.41) is 4.52. The summed E-state index contributed by atoms with van der Waals surface area (Å²) in [7, 11) is 0. The fourth-order valence-corrected chi connectivity index (χ4v) is 2.97. The summed E-state index contributed by atoms with van der Waals surface area (Å²) >= 11 is 1.30. The summed E-state index contributed by atoms with van der Waals surface area (Å²) in [5.74, 6) is -3.32. The molecule has 1 aromatic heterocycles. The predicted molar refractivity (Wildman–Crippen MR) is 101 cm³/mol. The van der Waals surface area contributed by atoms with Gasteiger partial charge in [0.1, 0.15) is 48.0 Å². The van der Waals surface area contributed by atoms with Gasteiger partial charge in [-0.25, -0.2) is 18.2 Å². The molecule has 1 heterocycles. The third-order valence-corrected chi connectivity index (χ3v) is 4.60. The number of nitrogens with one attached hydrogen (secondary N) is 1. The van der Waals surface area contributed by atoms with Gasteiger partial charge in [-0.2, -0.15) is 0 Å². The first-order valence-electron chi connectivity index (χ1n) is 8.61. The zero-order chi connectivity index (χ0) is 21.5. The lowest BCUT2D eigenvalue weighted by Gasteiger charge is -2.06. The Hall–Kier alpha value is -3.40. The summed E-state index contributed by atoms with van der Waals surface area (Å²) in [6, 6.07) is 8.06. The van der Waals surface area contributed by atoms with Crippen molar-refractivity contribution in [3.8, 4) is 5.75 Å². The molecule has 0 radical (unpaired) electrons. The lowest BCUT2D eigenvalue weighted by atomic mass is 10.2. The number of esters is 1. The Kier molecular flexibility index (Phi) is 7.02. The number of hydrogen-bond donors (Lipinski definition) is 1. The molecule has 0 aliphatic carbocycles. The van der Waals surface area contributed by atoms with Crippen molar-refractivity contribution < 1.29 is 32.2 Å². The lowest BCUT2D eigenvalue weighted by Crippen LogP contribution is -2.31. The van der Waals surface area contributed by atoms with E-state index in [9.17, 15) is 22.8 Å². The van der Waals surface area contributed by atoms with Crippen LogP contribution in [0.25, 0.3) is 0 Å². The van der Waals surface area contributed by atoms with Gasteiger partial charge in [-0.15, -0.1) is 11.3 Å². The Morgan fingerprint density at radius 1 is 1.00 bits per heavy atom. The van der Waals surface area contributed by atoms with E-state index in [-0.39, 0.29) is 24.6 Å². The fraction of sp³-hybridized carbons (Fsp3) is 0.150. The van der Waals surface area contributed by atoms with Crippen LogP contribution < -0.4 is 10.1 Å². The molecule has 6 nitrogen and oxygen atoms in total. The number of ether oxygens (including phenoxy) is 2. The third-order valence-electron chi connectivity index (χ3n) is 3.73. The standard InChI is InChI=1S/C20H15F3N2O4S/c21-12-1-4-15(5-2-12)28-10-18-25-14(11-30-18)9-29-19(26)8-24-20(27)16-6-3-13(22)7-17(16)23/h1-7,11H,8-10H2,(H,24,27). The van der Waals surface area contributed by atoms with Crippen LogP contribution in [0.2, 0.25) is 0 Å². The number of halogens is 3. The van der Waals surface area contributed by atoms with E-state index in [1.807, 2.05) is 0 Å². The second kappa shape index (κ2) is 9.88. The van der Waals surface area contributed by atoms with Gasteiger partial charge in [-0.05, 0) is 36.4 Å². The summed E-state index contributed by atoms with van der Waals surface area (Å²) in [4.78, 5) is 27.9. The maximum atomic E-state index is 13.5. The molecule has 0 atom stereocenters. The Labute approximate surface area is 173 Å². The summed E-state index contributed by atoms with van der Waals surface area (Å²) in [6.07, 6.45) is 0. The van der Waals surface area contributed by atoms with Gasteiger partial charge < -0.3 is 14.8 Å². The van der Waals surface area contributed by atoms with Gasteiger partial charge in [0.2, 0.25) is 0 Å². The number of thiazole rings is 1. The number of aromatic nitrogens is 1. The quantitative estimate of drug-likeness (QED) is 0.546. The topological polar surface area (TPSA) is 77.5 Å². The second-order valence-electron chi connectivity index (χ2n) is 5.94. The van der Waals surface area contributed by atoms with Crippen molar-refractivity contribution in [3.63, 3.8) is 0 Å². The van der Waals surface area contributed by atoms with Gasteiger partial charge >= 0.3 is 5.97 Å². The maximum absolute atomic E-state index is 13.5.